The van der Waals surface area contributed by atoms with E-state index < -0.39 is 23.9 Å². The van der Waals surface area contributed by atoms with Crippen molar-refractivity contribution in [2.45, 2.75) is 6.42 Å². The van der Waals surface area contributed by atoms with Gasteiger partial charge in [-0.05, 0) is 18.3 Å². The number of nitrogens with zero attached hydrogens (tertiary/aromatic N) is 5. The number of aliphatic imine (C=N–C) groups is 1. The van der Waals surface area contributed by atoms with Crippen LogP contribution in [-0.2, 0) is 6.42 Å². The van der Waals surface area contributed by atoms with Crippen LogP contribution in [0.15, 0.2) is 11.1 Å². The summed E-state index contributed by atoms with van der Waals surface area (Å²) in [7, 11) is 1.36. The first kappa shape index (κ1) is 23.5. The molecule has 0 unspecified atom stereocenters. The van der Waals surface area contributed by atoms with Crippen LogP contribution in [0.5, 0.6) is 6.01 Å². The summed E-state index contributed by atoms with van der Waals surface area (Å²) in [5.74, 6) is -2.65. The van der Waals surface area contributed by atoms with E-state index in [1.807, 2.05) is 11.0 Å². The summed E-state index contributed by atoms with van der Waals surface area (Å²) in [6.45, 7) is 6.10. The topological polar surface area (TPSA) is 112 Å². The Hall–Kier alpha value is -3.69. The van der Waals surface area contributed by atoms with Gasteiger partial charge in [0, 0.05) is 44.2 Å². The number of fused-ring (bicyclic) bond motifs is 1. The van der Waals surface area contributed by atoms with Crippen LogP contribution >= 0.6 is 11.3 Å². The lowest BCUT2D eigenvalue weighted by Crippen LogP contribution is -2.48. The SMILES string of the molecule is C=N/C=c1/c(N2CCNCC2)nc(OC)n/c1=C(\F)Cc1cc(F)c(F)c2sc(N)c(C#N)c12. The van der Waals surface area contributed by atoms with Crippen molar-refractivity contribution in [1.82, 2.24) is 15.3 Å². The molecule has 34 heavy (non-hydrogen) atoms. The molecule has 0 saturated carbocycles. The number of rotatable bonds is 5. The van der Waals surface area contributed by atoms with Gasteiger partial charge in [-0.3, -0.25) is 4.99 Å². The second kappa shape index (κ2) is 9.66. The minimum absolute atomic E-state index is 0.0250. The van der Waals surface area contributed by atoms with E-state index >= 15 is 4.39 Å². The quantitative estimate of drug-likeness (QED) is 0.526. The van der Waals surface area contributed by atoms with Crippen molar-refractivity contribution >= 4 is 51.0 Å². The highest BCUT2D eigenvalue weighted by Crippen LogP contribution is 2.38. The number of nitrogens with two attached hydrogens (primary N) is 1. The maximum Gasteiger partial charge on any atom is 0.318 e. The number of halogens is 3. The highest BCUT2D eigenvalue weighted by molar-refractivity contribution is 7.23. The van der Waals surface area contributed by atoms with Crippen molar-refractivity contribution in [2.24, 2.45) is 4.99 Å². The zero-order valence-electron chi connectivity index (χ0n) is 18.2. The molecule has 12 heteroatoms. The minimum Gasteiger partial charge on any atom is -0.467 e. The standard InChI is InChI=1S/C22H20F3N7OS/c1-28-10-13-18(30-22(33-2)31-21(13)32-5-3-29-4-6-32)15(24)8-11-7-14(23)17(25)19-16(11)12(9-26)20(27)34-19/h7,10,29H,1,3-6,8,27H2,2H3/b13-10+,18-15-. The Morgan fingerprint density at radius 2 is 2.15 bits per heavy atom. The van der Waals surface area contributed by atoms with Crippen LogP contribution in [0, 0.1) is 23.0 Å². The van der Waals surface area contributed by atoms with Crippen LogP contribution in [0.4, 0.5) is 24.0 Å². The smallest absolute Gasteiger partial charge is 0.318 e. The summed E-state index contributed by atoms with van der Waals surface area (Å²) in [5.41, 5.74) is 5.87. The zero-order chi connectivity index (χ0) is 24.4. The van der Waals surface area contributed by atoms with Crippen molar-refractivity contribution in [3.05, 3.63) is 39.4 Å². The first-order chi connectivity index (χ1) is 16.4. The largest absolute Gasteiger partial charge is 0.467 e. The third-order valence-corrected chi connectivity index (χ3v) is 6.42. The maximum atomic E-state index is 15.8. The molecule has 1 aliphatic rings. The Kier molecular flexibility index (Phi) is 6.67. The fourth-order valence-corrected chi connectivity index (χ4v) is 4.86. The second-order valence-electron chi connectivity index (χ2n) is 7.42. The lowest BCUT2D eigenvalue weighted by Gasteiger charge is -2.28. The molecule has 1 aliphatic heterocycles. The number of thiophene rings is 1. The van der Waals surface area contributed by atoms with Gasteiger partial charge in [-0.1, -0.05) is 0 Å². The normalized spacial score (nSPS) is 15.4. The predicted molar refractivity (Wildman–Crippen MR) is 126 cm³/mol. The van der Waals surface area contributed by atoms with Crippen molar-refractivity contribution in [1.29, 1.82) is 5.26 Å². The summed E-state index contributed by atoms with van der Waals surface area (Å²) < 4.78 is 49.6. The van der Waals surface area contributed by atoms with Gasteiger partial charge < -0.3 is 20.7 Å². The first-order valence-electron chi connectivity index (χ1n) is 10.2. The number of nitriles is 1. The van der Waals surface area contributed by atoms with E-state index in [1.54, 1.807) is 0 Å². The molecular formula is C22H20F3N7OS. The number of ether oxygens (including phenoxy) is 1. The second-order valence-corrected chi connectivity index (χ2v) is 8.47. The molecular weight excluding hydrogens is 467 g/mol. The van der Waals surface area contributed by atoms with Gasteiger partial charge in [0.15, 0.2) is 11.6 Å². The molecule has 0 aliphatic carbocycles. The van der Waals surface area contributed by atoms with Gasteiger partial charge in [-0.25, -0.2) is 13.2 Å². The van der Waals surface area contributed by atoms with Crippen LogP contribution in [-0.4, -0.2) is 50.0 Å². The minimum atomic E-state index is -1.16. The van der Waals surface area contributed by atoms with Crippen molar-refractivity contribution in [3.8, 4) is 12.1 Å². The number of hydrogen-bond acceptors (Lipinski definition) is 9. The highest BCUT2D eigenvalue weighted by Gasteiger charge is 2.22. The van der Waals surface area contributed by atoms with Crippen LogP contribution in [0.1, 0.15) is 11.1 Å². The van der Waals surface area contributed by atoms with Gasteiger partial charge in [0.2, 0.25) is 0 Å². The zero-order valence-corrected chi connectivity index (χ0v) is 19.0. The van der Waals surface area contributed by atoms with E-state index in [4.69, 9.17) is 10.5 Å². The number of anilines is 2. The summed E-state index contributed by atoms with van der Waals surface area (Å²) in [5, 5.41) is 13.0. The summed E-state index contributed by atoms with van der Waals surface area (Å²) in [6.07, 6.45) is 0.869. The van der Waals surface area contributed by atoms with Gasteiger partial charge in [0.1, 0.15) is 28.1 Å². The summed E-state index contributed by atoms with van der Waals surface area (Å²) >= 11 is 0.741. The average Bonchev–Trinajstić information content (AvgIpc) is 3.19. The molecule has 4 rings (SSSR count). The molecule has 3 N–H and O–H groups in total. The molecule has 3 aromatic rings. The average molecular weight is 488 g/mol. The number of piperazine rings is 1. The van der Waals surface area contributed by atoms with E-state index in [-0.39, 0.29) is 42.8 Å². The van der Waals surface area contributed by atoms with Gasteiger partial charge in [0.05, 0.1) is 22.6 Å². The molecule has 0 amide bonds. The highest BCUT2D eigenvalue weighted by atomic mass is 32.1. The molecule has 8 nitrogen and oxygen atoms in total. The molecule has 0 atom stereocenters. The van der Waals surface area contributed by atoms with E-state index in [1.165, 1.54) is 13.3 Å². The Labute approximate surface area is 196 Å². The Balaban J connectivity index is 1.98. The van der Waals surface area contributed by atoms with E-state index in [2.05, 4.69) is 27.0 Å². The fraction of sp³-hybridized carbons (Fsp3) is 0.273. The number of hydrogen-bond donors (Lipinski definition) is 2. The van der Waals surface area contributed by atoms with Gasteiger partial charge in [-0.2, -0.15) is 15.2 Å². The van der Waals surface area contributed by atoms with Crippen LogP contribution < -0.4 is 31.3 Å². The number of nitrogens with one attached hydrogen (secondary N) is 1. The van der Waals surface area contributed by atoms with Gasteiger partial charge in [-0.15, -0.1) is 11.3 Å². The van der Waals surface area contributed by atoms with Crippen molar-refractivity contribution in [3.63, 3.8) is 0 Å². The van der Waals surface area contributed by atoms with Gasteiger partial charge >= 0.3 is 6.01 Å². The number of methoxy groups -OCH3 is 1. The third kappa shape index (κ3) is 4.15. The van der Waals surface area contributed by atoms with Crippen molar-refractivity contribution < 1.29 is 17.9 Å². The van der Waals surface area contributed by atoms with Crippen molar-refractivity contribution in [2.75, 3.05) is 43.9 Å². The third-order valence-electron chi connectivity index (χ3n) is 5.41. The van der Waals surface area contributed by atoms with E-state index in [0.29, 0.717) is 32.0 Å². The van der Waals surface area contributed by atoms with Crippen LogP contribution in [0.25, 0.3) is 22.1 Å². The lowest BCUT2D eigenvalue weighted by molar-refractivity contribution is 0.377. The molecule has 0 spiro atoms. The lowest BCUT2D eigenvalue weighted by atomic mass is 10.0. The van der Waals surface area contributed by atoms with Gasteiger partial charge in [0.25, 0.3) is 0 Å². The summed E-state index contributed by atoms with van der Waals surface area (Å²) in [4.78, 5) is 14.3. The fourth-order valence-electron chi connectivity index (χ4n) is 3.87. The number of benzene rings is 1. The predicted octanol–water partition coefficient (Wildman–Crippen LogP) is 1.60. The molecule has 1 fully saturated rings. The van der Waals surface area contributed by atoms with E-state index in [0.717, 1.165) is 17.4 Å². The maximum absolute atomic E-state index is 15.8. The number of aromatic nitrogens is 2. The molecule has 0 radical (unpaired) electrons. The Morgan fingerprint density at radius 1 is 1.41 bits per heavy atom. The van der Waals surface area contributed by atoms with Crippen LogP contribution in [0.3, 0.4) is 0 Å². The molecule has 1 aromatic carbocycles. The monoisotopic (exact) mass is 487 g/mol. The molecule has 3 heterocycles. The molecule has 176 valence electrons. The summed E-state index contributed by atoms with van der Waals surface area (Å²) in [6, 6.07) is 2.71. The van der Waals surface area contributed by atoms with Crippen LogP contribution in [0.2, 0.25) is 0 Å². The Bertz CT molecular complexity index is 1440. The molecule has 1 saturated heterocycles. The molecule has 2 aromatic heterocycles. The Morgan fingerprint density at radius 3 is 2.79 bits per heavy atom. The molecule has 0 bridgehead atoms. The number of nitrogen functional groups attached to an aromatic ring is 1. The first-order valence-corrected chi connectivity index (χ1v) is 11.0. The van der Waals surface area contributed by atoms with E-state index in [9.17, 15) is 14.0 Å².